The monoisotopic (exact) mass is 709 g/mol. The molecule has 0 spiro atoms. The molecule has 0 aliphatic rings. The van der Waals surface area contributed by atoms with Crippen molar-refractivity contribution in [3.05, 3.63) is 81.9 Å². The number of alkyl halides is 9. The van der Waals surface area contributed by atoms with Crippen LogP contribution in [0.2, 0.25) is 0 Å². The van der Waals surface area contributed by atoms with Gasteiger partial charge in [0.15, 0.2) is 0 Å². The van der Waals surface area contributed by atoms with Gasteiger partial charge >= 0.3 is 24.5 Å². The van der Waals surface area contributed by atoms with Crippen LogP contribution in [0, 0.1) is 6.92 Å². The molecule has 3 aromatic rings. The number of aliphatic carboxylic acids is 1. The zero-order chi connectivity index (χ0) is 37.1. The van der Waals surface area contributed by atoms with E-state index < -0.39 is 64.9 Å². The lowest BCUT2D eigenvalue weighted by Gasteiger charge is -2.36. The first-order valence-electron chi connectivity index (χ1n) is 15.0. The predicted molar refractivity (Wildman–Crippen MR) is 162 cm³/mol. The Kier molecular flexibility index (Phi) is 12.3. The number of aliphatic hydroxyl groups is 1. The van der Waals surface area contributed by atoms with Gasteiger partial charge in [0.25, 0.3) is 0 Å². The van der Waals surface area contributed by atoms with Gasteiger partial charge in [0.2, 0.25) is 0 Å². The number of carboxylic acids is 1. The van der Waals surface area contributed by atoms with Crippen LogP contribution in [0.25, 0.3) is 11.1 Å². The number of aryl methyl sites for hydroxylation is 1. The number of hydrogen-bond acceptors (Lipinski definition) is 5. The van der Waals surface area contributed by atoms with Crippen molar-refractivity contribution in [2.45, 2.75) is 83.8 Å². The van der Waals surface area contributed by atoms with Crippen LogP contribution in [-0.2, 0) is 29.9 Å². The molecule has 0 heterocycles. The van der Waals surface area contributed by atoms with Gasteiger partial charge in [-0.25, -0.2) is 0 Å². The number of ether oxygens (including phenoxy) is 2. The molecule has 0 aliphatic carbocycles. The minimum Gasteiger partial charge on any atom is -0.496 e. The smallest absolute Gasteiger partial charge is 0.416 e. The summed E-state index contributed by atoms with van der Waals surface area (Å²) in [5.41, 5.74) is -3.74. The van der Waals surface area contributed by atoms with Crippen LogP contribution in [0.3, 0.4) is 0 Å². The summed E-state index contributed by atoms with van der Waals surface area (Å²) in [5.74, 6) is -0.459. The Bertz CT molecular complexity index is 1580. The predicted octanol–water partition coefficient (Wildman–Crippen LogP) is 9.30. The van der Waals surface area contributed by atoms with E-state index in [4.69, 9.17) is 14.6 Å². The molecule has 270 valence electrons. The third-order valence-electron chi connectivity index (χ3n) is 7.96. The second-order valence-corrected chi connectivity index (χ2v) is 11.8. The van der Waals surface area contributed by atoms with Gasteiger partial charge < -0.3 is 19.7 Å². The number of carbonyl (C=O) groups is 1. The van der Waals surface area contributed by atoms with Crippen molar-refractivity contribution in [2.75, 3.05) is 13.7 Å². The molecule has 6 nitrogen and oxygen atoms in total. The van der Waals surface area contributed by atoms with Crippen LogP contribution >= 0.6 is 0 Å². The lowest BCUT2D eigenvalue weighted by molar-refractivity contribution is -0.143. The van der Waals surface area contributed by atoms with E-state index >= 15 is 0 Å². The Morgan fingerprint density at radius 3 is 1.86 bits per heavy atom. The molecule has 0 fully saturated rings. The van der Waals surface area contributed by atoms with Crippen LogP contribution in [0.1, 0.15) is 73.1 Å². The van der Waals surface area contributed by atoms with Crippen molar-refractivity contribution < 1.29 is 64.0 Å². The van der Waals surface area contributed by atoms with E-state index in [1.54, 1.807) is 26.8 Å². The van der Waals surface area contributed by atoms with Crippen molar-refractivity contribution in [3.8, 4) is 22.6 Å². The summed E-state index contributed by atoms with van der Waals surface area (Å²) >= 11 is 0. The molecule has 0 saturated carbocycles. The van der Waals surface area contributed by atoms with Gasteiger partial charge in [-0.15, -0.1) is 0 Å². The van der Waals surface area contributed by atoms with E-state index in [9.17, 15) is 49.4 Å². The highest BCUT2D eigenvalue weighted by molar-refractivity contribution is 5.76. The highest BCUT2D eigenvalue weighted by atomic mass is 19.4. The Morgan fingerprint density at radius 1 is 0.796 bits per heavy atom. The van der Waals surface area contributed by atoms with Gasteiger partial charge in [-0.05, 0) is 98.8 Å². The molecule has 0 aromatic heterocycles. The van der Waals surface area contributed by atoms with Gasteiger partial charge in [-0.3, -0.25) is 9.69 Å². The van der Waals surface area contributed by atoms with E-state index in [0.717, 1.165) is 12.1 Å². The summed E-state index contributed by atoms with van der Waals surface area (Å²) in [4.78, 5) is 12.3. The van der Waals surface area contributed by atoms with Gasteiger partial charge in [-0.2, -0.15) is 39.5 Å². The SMILES string of the molecule is COc1cc(C)c(OCCCC(=O)O)cc1-c1ccc(C(F)(F)F)cc1CN(C(C)C)[C@H](C)[C@@H](O)c1cc(C(F)(F)F)cc(C(F)(F)F)c1. The highest BCUT2D eigenvalue weighted by Crippen LogP contribution is 2.42. The third kappa shape index (κ3) is 10.0. The van der Waals surface area contributed by atoms with Crippen LogP contribution < -0.4 is 9.47 Å². The summed E-state index contributed by atoms with van der Waals surface area (Å²) in [5, 5.41) is 20.1. The minimum atomic E-state index is -5.16. The molecule has 15 heteroatoms. The van der Waals surface area contributed by atoms with Crippen LogP contribution in [0.15, 0.2) is 48.5 Å². The van der Waals surface area contributed by atoms with Crippen molar-refractivity contribution >= 4 is 5.97 Å². The van der Waals surface area contributed by atoms with Gasteiger partial charge in [-0.1, -0.05) is 6.07 Å². The molecule has 2 N–H and O–H groups in total. The fourth-order valence-electron chi connectivity index (χ4n) is 5.37. The number of methoxy groups -OCH3 is 1. The van der Waals surface area contributed by atoms with Gasteiger partial charge in [0.1, 0.15) is 11.5 Å². The molecule has 0 aliphatic heterocycles. The van der Waals surface area contributed by atoms with E-state index in [2.05, 4.69) is 0 Å². The van der Waals surface area contributed by atoms with E-state index in [1.165, 1.54) is 31.1 Å². The molecular formula is C34H36F9NO5. The molecule has 0 saturated heterocycles. The Morgan fingerprint density at radius 2 is 1.37 bits per heavy atom. The second kappa shape index (κ2) is 15.3. The van der Waals surface area contributed by atoms with Gasteiger partial charge in [0, 0.05) is 30.6 Å². The van der Waals surface area contributed by atoms with Crippen LogP contribution in [0.4, 0.5) is 39.5 Å². The number of halogens is 9. The second-order valence-electron chi connectivity index (χ2n) is 11.8. The Hall–Kier alpha value is -3.98. The van der Waals surface area contributed by atoms with Crippen molar-refractivity contribution in [1.29, 1.82) is 0 Å². The minimum absolute atomic E-state index is 0.0287. The zero-order valence-corrected chi connectivity index (χ0v) is 27.1. The normalized spacial score (nSPS) is 13.9. The van der Waals surface area contributed by atoms with Crippen LogP contribution in [-0.4, -0.2) is 46.9 Å². The maximum atomic E-state index is 13.9. The van der Waals surface area contributed by atoms with E-state index in [1.807, 2.05) is 0 Å². The number of aliphatic hydroxyl groups excluding tert-OH is 1. The number of benzene rings is 3. The molecular weight excluding hydrogens is 673 g/mol. The largest absolute Gasteiger partial charge is 0.496 e. The quantitative estimate of drug-likeness (QED) is 0.136. The van der Waals surface area contributed by atoms with Crippen molar-refractivity contribution in [2.24, 2.45) is 0 Å². The third-order valence-corrected chi connectivity index (χ3v) is 7.96. The molecule has 49 heavy (non-hydrogen) atoms. The topological polar surface area (TPSA) is 79.2 Å². The first kappa shape index (κ1) is 39.5. The summed E-state index contributed by atoms with van der Waals surface area (Å²) in [6.45, 7) is 5.96. The van der Waals surface area contributed by atoms with Crippen LogP contribution in [0.5, 0.6) is 11.5 Å². The highest BCUT2D eigenvalue weighted by Gasteiger charge is 2.39. The lowest BCUT2D eigenvalue weighted by Crippen LogP contribution is -2.42. The van der Waals surface area contributed by atoms with Crippen molar-refractivity contribution in [1.82, 2.24) is 4.90 Å². The Labute approximate surface area is 277 Å². The zero-order valence-electron chi connectivity index (χ0n) is 27.1. The first-order chi connectivity index (χ1) is 22.5. The molecule has 0 bridgehead atoms. The van der Waals surface area contributed by atoms with Crippen molar-refractivity contribution in [3.63, 3.8) is 0 Å². The average molecular weight is 710 g/mol. The number of nitrogens with zero attached hydrogens (tertiary/aromatic N) is 1. The number of rotatable bonds is 13. The summed E-state index contributed by atoms with van der Waals surface area (Å²) in [6.07, 6.45) is -17.0. The summed E-state index contributed by atoms with van der Waals surface area (Å²) in [6, 6.07) is 5.05. The molecule has 0 amide bonds. The maximum absolute atomic E-state index is 13.9. The molecule has 0 unspecified atom stereocenters. The fourth-order valence-corrected chi connectivity index (χ4v) is 5.37. The molecule has 3 aromatic carbocycles. The summed E-state index contributed by atoms with van der Waals surface area (Å²) in [7, 11) is 1.35. The van der Waals surface area contributed by atoms with E-state index in [-0.39, 0.29) is 48.9 Å². The summed E-state index contributed by atoms with van der Waals surface area (Å²) < 4.78 is 134. The van der Waals surface area contributed by atoms with E-state index in [0.29, 0.717) is 29.0 Å². The Balaban J connectivity index is 2.14. The lowest BCUT2D eigenvalue weighted by atomic mass is 9.93. The maximum Gasteiger partial charge on any atom is 0.416 e. The molecule has 3 rings (SSSR count). The van der Waals surface area contributed by atoms with Gasteiger partial charge in [0.05, 0.1) is 36.5 Å². The first-order valence-corrected chi connectivity index (χ1v) is 15.0. The number of carboxylic acid groups (broad SMARTS) is 1. The molecule has 0 radical (unpaired) electrons. The standard InChI is InChI=1S/C34H36F9NO5/c1-18(2)44(20(4)31(47)21-12-24(33(38,39)40)15-25(13-21)34(41,42)43)17-22-14-23(32(35,36)37)8-9-26(22)27-16-28(19(3)11-29(27)48-5)49-10-6-7-30(45)46/h8-9,11-16,18,20,31,47H,6-7,10,17H2,1-5H3,(H,45,46)/t20-,31-/m1/s1. The average Bonchev–Trinajstić information content (AvgIpc) is 2.99. The molecule has 2 atom stereocenters. The number of hydrogen-bond donors (Lipinski definition) is 2. The fraction of sp³-hybridized carbons (Fsp3) is 0.441.